The zero-order valence-electron chi connectivity index (χ0n) is 26.9. The van der Waals surface area contributed by atoms with Gasteiger partial charge < -0.3 is 0 Å². The number of aromatic nitrogens is 4. The molecule has 0 saturated carbocycles. The van der Waals surface area contributed by atoms with Crippen molar-refractivity contribution in [1.29, 1.82) is 0 Å². The van der Waals surface area contributed by atoms with Gasteiger partial charge in [-0.2, -0.15) is 0 Å². The summed E-state index contributed by atoms with van der Waals surface area (Å²) in [6.45, 7) is 0. The summed E-state index contributed by atoms with van der Waals surface area (Å²) >= 11 is 1.86. The van der Waals surface area contributed by atoms with Crippen LogP contribution in [0.25, 0.3) is 84.2 Å². The van der Waals surface area contributed by atoms with Crippen LogP contribution >= 0.6 is 11.8 Å². The summed E-state index contributed by atoms with van der Waals surface area (Å²) in [5.74, 6) is 0.610. The Bertz CT molecular complexity index is 2800. The van der Waals surface area contributed by atoms with Crippen molar-refractivity contribution < 1.29 is 0 Å². The topological polar surface area (TPSA) is 43.6 Å². The van der Waals surface area contributed by atoms with E-state index in [4.69, 9.17) is 4.98 Å². The van der Waals surface area contributed by atoms with Crippen LogP contribution in [0.3, 0.4) is 0 Å². The molecule has 0 saturated heterocycles. The molecule has 9 aromatic rings. The molecule has 4 heterocycles. The summed E-state index contributed by atoms with van der Waals surface area (Å²) in [4.78, 5) is 16.4. The van der Waals surface area contributed by atoms with Crippen molar-refractivity contribution in [1.82, 2.24) is 19.5 Å². The highest BCUT2D eigenvalue weighted by molar-refractivity contribution is 7.99. The van der Waals surface area contributed by atoms with Gasteiger partial charge in [0.1, 0.15) is 5.65 Å². The Labute approximate surface area is 293 Å². The molecule has 0 radical (unpaired) electrons. The Kier molecular flexibility index (Phi) is 6.71. The Morgan fingerprint density at radius 1 is 0.460 bits per heavy atom. The number of benzene rings is 6. The maximum atomic E-state index is 4.75. The zero-order chi connectivity index (χ0) is 33.0. The minimum absolute atomic E-state index is 0.610. The highest BCUT2D eigenvalue weighted by Gasteiger charge is 2.20. The van der Waals surface area contributed by atoms with Gasteiger partial charge in [0, 0.05) is 39.2 Å². The fraction of sp³-hybridized carbons (Fsp3) is 0. The number of rotatable bonds is 2. The third-order valence-electron chi connectivity index (χ3n) is 9.63. The number of pyridine rings is 1. The molecule has 6 aromatic carbocycles. The molecule has 0 aliphatic carbocycles. The number of nitrogens with zero attached hydrogens (tertiary/aromatic N) is 4. The summed E-state index contributed by atoms with van der Waals surface area (Å²) in [5, 5.41) is 4.67. The smallest absolute Gasteiger partial charge is 0.235 e. The Hall–Kier alpha value is -6.30. The fourth-order valence-corrected chi connectivity index (χ4v) is 8.51. The van der Waals surface area contributed by atoms with Crippen LogP contribution in [0, 0.1) is 0 Å². The summed E-state index contributed by atoms with van der Waals surface area (Å²) in [7, 11) is 0. The minimum atomic E-state index is 0.610. The molecule has 0 spiro atoms. The third-order valence-corrected chi connectivity index (χ3v) is 10.8. The summed E-state index contributed by atoms with van der Waals surface area (Å²) < 4.78 is 2.05. The number of hydrogen-bond donors (Lipinski definition) is 0. The highest BCUT2D eigenvalue weighted by atomic mass is 32.2. The monoisotopic (exact) mass is 656 g/mol. The molecule has 0 bridgehead atoms. The van der Waals surface area contributed by atoms with Gasteiger partial charge in [-0.05, 0) is 97.7 Å². The molecule has 1 aliphatic heterocycles. The summed E-state index contributed by atoms with van der Waals surface area (Å²) in [5.41, 5.74) is 11.4. The first-order valence-corrected chi connectivity index (χ1v) is 17.5. The molecule has 234 valence electrons. The second-order valence-electron chi connectivity index (χ2n) is 12.5. The van der Waals surface area contributed by atoms with Gasteiger partial charge in [0.15, 0.2) is 0 Å². The third kappa shape index (κ3) is 4.66. The van der Waals surface area contributed by atoms with Gasteiger partial charge in [0.25, 0.3) is 0 Å². The standard InChI is InChI=1S/C45H28N4S/c1-3-11-34-29(9-1)16-17-31-18-19-32(33-21-23-41-40(28-33)38-14-7-24-46-44(38)49(41)45-47-25-8-26-48-45)27-39(31)37-22-20-30-10-2-4-12-35(30)43(37)50-42-15-6-5-13-36(34)42/h1-28H/b17-16-. The van der Waals surface area contributed by atoms with Crippen molar-refractivity contribution in [3.05, 3.63) is 169 Å². The van der Waals surface area contributed by atoms with E-state index in [1.54, 1.807) is 12.4 Å². The van der Waals surface area contributed by atoms with Crippen LogP contribution in [0.15, 0.2) is 168 Å². The molecule has 0 fully saturated rings. The molecule has 1 aliphatic rings. The molecule has 5 heteroatoms. The first kappa shape index (κ1) is 28.7. The average Bonchev–Trinajstić information content (AvgIpc) is 3.50. The summed E-state index contributed by atoms with van der Waals surface area (Å²) in [6, 6.07) is 50.3. The van der Waals surface area contributed by atoms with E-state index in [-0.39, 0.29) is 0 Å². The van der Waals surface area contributed by atoms with Crippen LogP contribution in [0.1, 0.15) is 11.1 Å². The van der Waals surface area contributed by atoms with E-state index in [1.165, 1.54) is 53.9 Å². The lowest BCUT2D eigenvalue weighted by molar-refractivity contribution is 0.975. The Morgan fingerprint density at radius 2 is 1.18 bits per heavy atom. The highest BCUT2D eigenvalue weighted by Crippen LogP contribution is 2.47. The van der Waals surface area contributed by atoms with Gasteiger partial charge in [0.2, 0.25) is 5.95 Å². The van der Waals surface area contributed by atoms with Gasteiger partial charge >= 0.3 is 0 Å². The second-order valence-corrected chi connectivity index (χ2v) is 13.5. The molecule has 0 N–H and O–H groups in total. The number of fused-ring (bicyclic) bond motifs is 11. The van der Waals surface area contributed by atoms with E-state index in [0.717, 1.165) is 33.1 Å². The lowest BCUT2D eigenvalue weighted by Crippen LogP contribution is -2.00. The first-order valence-electron chi connectivity index (χ1n) is 16.7. The van der Waals surface area contributed by atoms with Crippen molar-refractivity contribution >= 4 is 56.6 Å². The molecule has 0 unspecified atom stereocenters. The molecular formula is C45H28N4S. The SMILES string of the molecule is C1=C\c2ccc(-c3ccc4c(c3)c3cccnc3n4-c3ncccn3)cc2-c2ccc3ccccc3c2Sc2ccccc2-c2ccccc2/1. The van der Waals surface area contributed by atoms with Crippen LogP contribution in [-0.4, -0.2) is 19.5 Å². The molecule has 3 aromatic heterocycles. The van der Waals surface area contributed by atoms with E-state index >= 15 is 0 Å². The van der Waals surface area contributed by atoms with Crippen LogP contribution < -0.4 is 0 Å². The van der Waals surface area contributed by atoms with E-state index in [2.05, 4.69) is 150 Å². The van der Waals surface area contributed by atoms with Crippen LogP contribution in [0.4, 0.5) is 0 Å². The number of hydrogen-bond acceptors (Lipinski definition) is 4. The minimum Gasteiger partial charge on any atom is -0.262 e. The largest absolute Gasteiger partial charge is 0.262 e. The maximum Gasteiger partial charge on any atom is 0.235 e. The average molecular weight is 657 g/mol. The van der Waals surface area contributed by atoms with E-state index in [0.29, 0.717) is 5.95 Å². The normalized spacial score (nSPS) is 12.9. The van der Waals surface area contributed by atoms with E-state index in [9.17, 15) is 0 Å². The van der Waals surface area contributed by atoms with Crippen molar-refractivity contribution in [2.45, 2.75) is 9.79 Å². The van der Waals surface area contributed by atoms with Gasteiger partial charge in [-0.15, -0.1) is 0 Å². The molecular weight excluding hydrogens is 629 g/mol. The fourth-order valence-electron chi connectivity index (χ4n) is 7.27. The maximum absolute atomic E-state index is 4.75. The van der Waals surface area contributed by atoms with E-state index < -0.39 is 0 Å². The molecule has 0 atom stereocenters. The molecule has 50 heavy (non-hydrogen) atoms. The first-order chi connectivity index (χ1) is 24.8. The van der Waals surface area contributed by atoms with Crippen molar-refractivity contribution in [3.63, 3.8) is 0 Å². The van der Waals surface area contributed by atoms with Crippen molar-refractivity contribution in [2.24, 2.45) is 0 Å². The Morgan fingerprint density at radius 3 is 2.10 bits per heavy atom. The van der Waals surface area contributed by atoms with Gasteiger partial charge in [-0.3, -0.25) is 4.57 Å². The lowest BCUT2D eigenvalue weighted by atomic mass is 9.92. The Balaban J connectivity index is 1.22. The van der Waals surface area contributed by atoms with Gasteiger partial charge in [0.05, 0.1) is 5.52 Å². The van der Waals surface area contributed by atoms with Crippen molar-refractivity contribution in [3.8, 4) is 39.3 Å². The van der Waals surface area contributed by atoms with Crippen LogP contribution in [0.5, 0.6) is 0 Å². The van der Waals surface area contributed by atoms with Gasteiger partial charge in [-0.1, -0.05) is 121 Å². The summed E-state index contributed by atoms with van der Waals surface area (Å²) in [6.07, 6.45) is 9.91. The van der Waals surface area contributed by atoms with Crippen LogP contribution in [-0.2, 0) is 0 Å². The predicted octanol–water partition coefficient (Wildman–Crippen LogP) is 11.8. The van der Waals surface area contributed by atoms with Gasteiger partial charge in [-0.25, -0.2) is 15.0 Å². The molecule has 4 nitrogen and oxygen atoms in total. The van der Waals surface area contributed by atoms with Crippen LogP contribution in [0.2, 0.25) is 0 Å². The molecule has 10 rings (SSSR count). The predicted molar refractivity (Wildman–Crippen MR) is 207 cm³/mol. The van der Waals surface area contributed by atoms with Crippen molar-refractivity contribution in [2.75, 3.05) is 0 Å². The van der Waals surface area contributed by atoms with E-state index in [1.807, 2.05) is 34.7 Å². The molecule has 0 amide bonds. The second kappa shape index (κ2) is 11.7. The quantitative estimate of drug-likeness (QED) is 0.186. The lowest BCUT2D eigenvalue weighted by Gasteiger charge is -2.17. The zero-order valence-corrected chi connectivity index (χ0v) is 27.7.